The summed E-state index contributed by atoms with van der Waals surface area (Å²) < 4.78 is 0. The van der Waals surface area contributed by atoms with Crippen molar-refractivity contribution in [3.8, 4) is 0 Å². The maximum atomic E-state index is 12.0. The molecule has 1 aliphatic heterocycles. The van der Waals surface area contributed by atoms with Crippen molar-refractivity contribution in [2.24, 2.45) is 0 Å². The number of para-hydroxylation sites is 1. The van der Waals surface area contributed by atoms with E-state index in [-0.39, 0.29) is 18.0 Å². The van der Waals surface area contributed by atoms with Gasteiger partial charge in [0.15, 0.2) is 0 Å². The van der Waals surface area contributed by atoms with Gasteiger partial charge in [0.05, 0.1) is 16.4 Å². The molecule has 3 amide bonds. The zero-order chi connectivity index (χ0) is 16.6. The summed E-state index contributed by atoms with van der Waals surface area (Å²) in [6.07, 6.45) is 2.90. The molecule has 3 N–H and O–H groups in total. The van der Waals surface area contributed by atoms with Gasteiger partial charge in [-0.15, -0.1) is 0 Å². The third-order valence-electron chi connectivity index (χ3n) is 4.65. The normalized spacial score (nSPS) is 26.8. The number of anilines is 2. The summed E-state index contributed by atoms with van der Waals surface area (Å²) >= 11 is 6.29. The van der Waals surface area contributed by atoms with Crippen molar-refractivity contribution < 1.29 is 9.59 Å². The summed E-state index contributed by atoms with van der Waals surface area (Å²) in [6.45, 7) is 0. The summed E-state index contributed by atoms with van der Waals surface area (Å²) in [7, 11) is 3.92. The number of imide groups is 1. The number of rotatable bonds is 3. The van der Waals surface area contributed by atoms with E-state index in [2.05, 4.69) is 16.0 Å². The first-order valence-corrected chi connectivity index (χ1v) is 8.15. The molecule has 7 heteroatoms. The van der Waals surface area contributed by atoms with E-state index in [0.29, 0.717) is 17.9 Å². The first-order chi connectivity index (χ1) is 10.9. The number of halogens is 1. The fourth-order valence-corrected chi connectivity index (χ4v) is 3.78. The van der Waals surface area contributed by atoms with Crippen LogP contribution in [0.4, 0.5) is 16.2 Å². The molecule has 3 rings (SSSR count). The van der Waals surface area contributed by atoms with Crippen LogP contribution in [-0.4, -0.2) is 37.6 Å². The molecule has 0 unspecified atom stereocenters. The number of hydrogen-bond acceptors (Lipinski definition) is 4. The number of nitrogens with one attached hydrogen (secondary N) is 3. The summed E-state index contributed by atoms with van der Waals surface area (Å²) in [5.41, 5.74) is 1.23. The SMILES string of the molecule is CN(C)c1c(Cl)cccc1NC1CCC2(CC1)NC(=O)NC2=O. The van der Waals surface area contributed by atoms with Crippen molar-refractivity contribution in [2.75, 3.05) is 24.3 Å². The van der Waals surface area contributed by atoms with E-state index < -0.39 is 5.54 Å². The third-order valence-corrected chi connectivity index (χ3v) is 4.95. The maximum Gasteiger partial charge on any atom is 0.322 e. The monoisotopic (exact) mass is 336 g/mol. The minimum absolute atomic E-state index is 0.197. The standard InChI is InChI=1S/C16H21ClN4O2/c1-21(2)13-11(17)4-3-5-12(13)18-10-6-8-16(9-7-10)14(22)19-15(23)20-16/h3-5,10,18H,6-9H2,1-2H3,(H2,19,20,22,23). The van der Waals surface area contributed by atoms with Crippen molar-refractivity contribution >= 4 is 34.9 Å². The summed E-state index contributed by atoms with van der Waals surface area (Å²) in [5, 5.41) is 9.36. The molecule has 1 spiro atoms. The number of nitrogens with zero attached hydrogens (tertiary/aromatic N) is 1. The van der Waals surface area contributed by atoms with Gasteiger partial charge >= 0.3 is 6.03 Å². The van der Waals surface area contributed by atoms with Gasteiger partial charge in [-0.25, -0.2) is 4.79 Å². The fraction of sp³-hybridized carbons (Fsp3) is 0.500. The minimum atomic E-state index is -0.714. The molecule has 6 nitrogen and oxygen atoms in total. The van der Waals surface area contributed by atoms with E-state index in [1.165, 1.54) is 0 Å². The maximum absolute atomic E-state index is 12.0. The van der Waals surface area contributed by atoms with Crippen LogP contribution in [0.15, 0.2) is 18.2 Å². The highest BCUT2D eigenvalue weighted by Crippen LogP contribution is 2.36. The van der Waals surface area contributed by atoms with Crippen LogP contribution in [0.5, 0.6) is 0 Å². The fourth-order valence-electron chi connectivity index (χ4n) is 3.44. The van der Waals surface area contributed by atoms with E-state index in [4.69, 9.17) is 11.6 Å². The van der Waals surface area contributed by atoms with Gasteiger partial charge < -0.3 is 15.5 Å². The number of carbonyl (C=O) groups excluding carboxylic acids is 2. The van der Waals surface area contributed by atoms with Crippen molar-refractivity contribution in [3.05, 3.63) is 23.2 Å². The van der Waals surface area contributed by atoms with Gasteiger partial charge in [-0.3, -0.25) is 10.1 Å². The Labute approximate surface area is 140 Å². The molecule has 0 atom stereocenters. The summed E-state index contributed by atoms with van der Waals surface area (Å²) in [6, 6.07) is 5.67. The Kier molecular flexibility index (Phi) is 4.10. The smallest absolute Gasteiger partial charge is 0.322 e. The quantitative estimate of drug-likeness (QED) is 0.741. The molecule has 23 heavy (non-hydrogen) atoms. The first-order valence-electron chi connectivity index (χ1n) is 7.77. The van der Waals surface area contributed by atoms with Gasteiger partial charge in [-0.2, -0.15) is 0 Å². The van der Waals surface area contributed by atoms with Crippen LogP contribution in [0, 0.1) is 0 Å². The molecule has 0 radical (unpaired) electrons. The molecule has 2 aliphatic rings. The molecule has 1 heterocycles. The van der Waals surface area contributed by atoms with Crippen LogP contribution < -0.4 is 20.9 Å². The van der Waals surface area contributed by atoms with E-state index in [0.717, 1.165) is 24.2 Å². The van der Waals surface area contributed by atoms with Gasteiger partial charge in [-0.1, -0.05) is 17.7 Å². The van der Waals surface area contributed by atoms with Gasteiger partial charge in [0.1, 0.15) is 5.54 Å². The average Bonchev–Trinajstić information content (AvgIpc) is 2.75. The molecule has 124 valence electrons. The highest BCUT2D eigenvalue weighted by atomic mass is 35.5. The number of benzene rings is 1. The van der Waals surface area contributed by atoms with Crippen LogP contribution >= 0.6 is 11.6 Å². The Bertz CT molecular complexity index is 639. The summed E-state index contributed by atoms with van der Waals surface area (Å²) in [4.78, 5) is 25.3. The molecule has 0 bridgehead atoms. The average molecular weight is 337 g/mol. The van der Waals surface area contributed by atoms with Crippen LogP contribution in [-0.2, 0) is 4.79 Å². The topological polar surface area (TPSA) is 73.5 Å². The highest BCUT2D eigenvalue weighted by Gasteiger charge is 2.48. The van der Waals surface area contributed by atoms with Gasteiger partial charge in [0.2, 0.25) is 0 Å². The minimum Gasteiger partial charge on any atom is -0.381 e. The van der Waals surface area contributed by atoms with Crippen molar-refractivity contribution in [1.82, 2.24) is 10.6 Å². The van der Waals surface area contributed by atoms with E-state index in [1.807, 2.05) is 37.2 Å². The molecular weight excluding hydrogens is 316 g/mol. The van der Waals surface area contributed by atoms with Crippen LogP contribution in [0.1, 0.15) is 25.7 Å². The van der Waals surface area contributed by atoms with Crippen LogP contribution in [0.2, 0.25) is 5.02 Å². The molecule has 1 saturated carbocycles. The van der Waals surface area contributed by atoms with E-state index in [9.17, 15) is 9.59 Å². The predicted molar refractivity (Wildman–Crippen MR) is 91.1 cm³/mol. The second-order valence-corrected chi connectivity index (χ2v) is 6.85. The Hall–Kier alpha value is -1.95. The van der Waals surface area contributed by atoms with Crippen LogP contribution in [0.25, 0.3) is 0 Å². The number of carbonyl (C=O) groups is 2. The lowest BCUT2D eigenvalue weighted by Crippen LogP contribution is -2.51. The first kappa shape index (κ1) is 15.9. The Morgan fingerprint density at radius 3 is 2.52 bits per heavy atom. The lowest BCUT2D eigenvalue weighted by molar-refractivity contribution is -0.125. The van der Waals surface area contributed by atoms with E-state index >= 15 is 0 Å². The number of hydrogen-bond donors (Lipinski definition) is 3. The molecule has 1 aliphatic carbocycles. The summed E-state index contributed by atoms with van der Waals surface area (Å²) in [5.74, 6) is -0.197. The third kappa shape index (κ3) is 2.95. The zero-order valence-corrected chi connectivity index (χ0v) is 14.0. The second kappa shape index (κ2) is 5.92. The second-order valence-electron chi connectivity index (χ2n) is 6.44. The Morgan fingerprint density at radius 2 is 1.96 bits per heavy atom. The molecule has 2 fully saturated rings. The van der Waals surface area contributed by atoms with Gasteiger partial charge in [0, 0.05) is 20.1 Å². The molecule has 1 aromatic rings. The molecular formula is C16H21ClN4O2. The van der Waals surface area contributed by atoms with Crippen LogP contribution in [0.3, 0.4) is 0 Å². The largest absolute Gasteiger partial charge is 0.381 e. The Morgan fingerprint density at radius 1 is 1.26 bits per heavy atom. The lowest BCUT2D eigenvalue weighted by atomic mass is 9.79. The Balaban J connectivity index is 1.69. The van der Waals surface area contributed by atoms with Crippen molar-refractivity contribution in [1.29, 1.82) is 0 Å². The van der Waals surface area contributed by atoms with Gasteiger partial charge in [-0.05, 0) is 37.8 Å². The van der Waals surface area contributed by atoms with Crippen molar-refractivity contribution in [2.45, 2.75) is 37.3 Å². The molecule has 1 aromatic carbocycles. The van der Waals surface area contributed by atoms with Gasteiger partial charge in [0.25, 0.3) is 5.91 Å². The highest BCUT2D eigenvalue weighted by molar-refractivity contribution is 6.34. The number of urea groups is 1. The lowest BCUT2D eigenvalue weighted by Gasteiger charge is -2.35. The number of amides is 3. The van der Waals surface area contributed by atoms with Crippen molar-refractivity contribution in [3.63, 3.8) is 0 Å². The predicted octanol–water partition coefficient (Wildman–Crippen LogP) is 2.34. The van der Waals surface area contributed by atoms with E-state index in [1.54, 1.807) is 0 Å². The zero-order valence-electron chi connectivity index (χ0n) is 13.3. The molecule has 1 saturated heterocycles. The molecule has 0 aromatic heterocycles.